The van der Waals surface area contributed by atoms with Gasteiger partial charge in [-0.25, -0.2) is 8.42 Å². The van der Waals surface area contributed by atoms with Crippen LogP contribution < -0.4 is 5.32 Å². The van der Waals surface area contributed by atoms with Crippen molar-refractivity contribution in [1.82, 2.24) is 14.5 Å². The van der Waals surface area contributed by atoms with Crippen LogP contribution in [-0.4, -0.2) is 41.9 Å². The van der Waals surface area contributed by atoms with E-state index in [2.05, 4.69) is 22.4 Å². The summed E-state index contributed by atoms with van der Waals surface area (Å²) in [6, 6.07) is 1.45. The molecular formula is C16H20N4O3S3. The van der Waals surface area contributed by atoms with E-state index in [0.717, 1.165) is 42.0 Å². The Morgan fingerprint density at radius 3 is 2.65 bits per heavy atom. The van der Waals surface area contributed by atoms with Gasteiger partial charge in [-0.3, -0.25) is 10.1 Å². The van der Waals surface area contributed by atoms with Crippen LogP contribution in [0.1, 0.15) is 53.2 Å². The Morgan fingerprint density at radius 1 is 1.23 bits per heavy atom. The van der Waals surface area contributed by atoms with E-state index in [4.69, 9.17) is 0 Å². The lowest BCUT2D eigenvalue weighted by molar-refractivity contribution is 0.103. The number of carbonyl (C=O) groups is 1. The minimum Gasteiger partial charge on any atom is -0.296 e. The van der Waals surface area contributed by atoms with Crippen molar-refractivity contribution in [1.29, 1.82) is 0 Å². The number of anilines is 1. The highest BCUT2D eigenvalue weighted by Crippen LogP contribution is 2.42. The quantitative estimate of drug-likeness (QED) is 0.814. The fourth-order valence-corrected chi connectivity index (χ4v) is 6.42. The lowest BCUT2D eigenvalue weighted by atomic mass is 10.0. The summed E-state index contributed by atoms with van der Waals surface area (Å²) < 4.78 is 27.0. The average Bonchev–Trinajstić information content (AvgIpc) is 3.15. The second-order valence-electron chi connectivity index (χ2n) is 6.91. The summed E-state index contributed by atoms with van der Waals surface area (Å²) in [4.78, 5) is 12.9. The SMILES string of the molecule is CC1CCN(S(=O)(=O)c2csc(C(=O)Nc3nnc(C4CC4)s3)c2)CC1. The zero-order chi connectivity index (χ0) is 18.3. The van der Waals surface area contributed by atoms with Crippen molar-refractivity contribution in [2.75, 3.05) is 18.4 Å². The molecule has 2 aliphatic rings. The third kappa shape index (κ3) is 3.68. The number of carbonyl (C=O) groups excluding carboxylic acids is 1. The second kappa shape index (κ2) is 6.99. The van der Waals surface area contributed by atoms with Crippen molar-refractivity contribution in [3.8, 4) is 0 Å². The number of thiophene rings is 1. The molecule has 3 heterocycles. The Bertz CT molecular complexity index is 909. The van der Waals surface area contributed by atoms with Crippen LogP contribution in [0.5, 0.6) is 0 Å². The summed E-state index contributed by atoms with van der Waals surface area (Å²) in [6.45, 7) is 3.21. The van der Waals surface area contributed by atoms with Crippen LogP contribution in [0.15, 0.2) is 16.3 Å². The van der Waals surface area contributed by atoms with Crippen LogP contribution in [0.3, 0.4) is 0 Å². The Kier molecular flexibility index (Phi) is 4.84. The van der Waals surface area contributed by atoms with Gasteiger partial charge in [0.15, 0.2) is 0 Å². The third-order valence-corrected chi connectivity index (χ3v) is 8.72. The molecule has 0 atom stereocenters. The molecule has 1 amide bonds. The summed E-state index contributed by atoms with van der Waals surface area (Å²) in [7, 11) is -3.53. The monoisotopic (exact) mass is 412 g/mol. The Balaban J connectivity index is 1.45. The summed E-state index contributed by atoms with van der Waals surface area (Å²) in [5, 5.41) is 13.8. The van der Waals surface area contributed by atoms with Crippen molar-refractivity contribution in [2.45, 2.75) is 43.4 Å². The molecule has 0 unspecified atom stereocenters. The number of nitrogens with one attached hydrogen (secondary N) is 1. The normalized spacial score (nSPS) is 19.6. The van der Waals surface area contributed by atoms with Gasteiger partial charge in [-0.2, -0.15) is 4.31 Å². The molecule has 4 rings (SSSR count). The van der Waals surface area contributed by atoms with E-state index >= 15 is 0 Å². The largest absolute Gasteiger partial charge is 0.296 e. The highest BCUT2D eigenvalue weighted by molar-refractivity contribution is 7.89. The van der Waals surface area contributed by atoms with Crippen LogP contribution in [0.25, 0.3) is 0 Å². The summed E-state index contributed by atoms with van der Waals surface area (Å²) in [5.74, 6) is 0.698. The zero-order valence-electron chi connectivity index (χ0n) is 14.3. The van der Waals surface area contributed by atoms with Gasteiger partial charge in [0.1, 0.15) is 5.01 Å². The van der Waals surface area contributed by atoms with E-state index in [0.29, 0.717) is 34.9 Å². The number of rotatable bonds is 5. The van der Waals surface area contributed by atoms with Gasteiger partial charge in [0.05, 0.1) is 9.77 Å². The molecular weight excluding hydrogens is 392 g/mol. The fourth-order valence-electron chi connectivity index (χ4n) is 2.89. The molecule has 10 heteroatoms. The first-order chi connectivity index (χ1) is 12.4. The first-order valence-corrected chi connectivity index (χ1v) is 11.8. The average molecular weight is 413 g/mol. The Morgan fingerprint density at radius 2 is 1.96 bits per heavy atom. The van der Waals surface area contributed by atoms with Gasteiger partial charge in [-0.15, -0.1) is 21.5 Å². The maximum atomic E-state index is 12.8. The molecule has 140 valence electrons. The van der Waals surface area contributed by atoms with Gasteiger partial charge in [0.2, 0.25) is 15.2 Å². The molecule has 1 N–H and O–H groups in total. The molecule has 1 aliphatic carbocycles. The Hall–Kier alpha value is -1.36. The number of hydrogen-bond acceptors (Lipinski definition) is 7. The summed E-state index contributed by atoms with van der Waals surface area (Å²) >= 11 is 2.52. The van der Waals surface area contributed by atoms with E-state index in [-0.39, 0.29) is 10.8 Å². The van der Waals surface area contributed by atoms with Crippen molar-refractivity contribution in [2.24, 2.45) is 5.92 Å². The minimum atomic E-state index is -3.53. The number of amides is 1. The number of hydrogen-bond donors (Lipinski definition) is 1. The van der Waals surface area contributed by atoms with E-state index in [1.165, 1.54) is 27.1 Å². The Labute approximate surface area is 160 Å². The number of aromatic nitrogens is 2. The molecule has 7 nitrogen and oxygen atoms in total. The fraction of sp³-hybridized carbons (Fsp3) is 0.562. The number of piperidine rings is 1. The van der Waals surface area contributed by atoms with Crippen molar-refractivity contribution >= 4 is 43.7 Å². The molecule has 2 fully saturated rings. The smallest absolute Gasteiger partial charge is 0.267 e. The van der Waals surface area contributed by atoms with Crippen molar-refractivity contribution in [3.63, 3.8) is 0 Å². The van der Waals surface area contributed by atoms with Crippen molar-refractivity contribution in [3.05, 3.63) is 21.3 Å². The van der Waals surface area contributed by atoms with Crippen LogP contribution in [0, 0.1) is 5.92 Å². The van der Waals surface area contributed by atoms with Crippen LogP contribution in [0.4, 0.5) is 5.13 Å². The van der Waals surface area contributed by atoms with Crippen LogP contribution in [-0.2, 0) is 10.0 Å². The molecule has 0 bridgehead atoms. The predicted octanol–water partition coefficient (Wildman–Crippen LogP) is 3.15. The van der Waals surface area contributed by atoms with Gasteiger partial charge in [0, 0.05) is 24.4 Å². The van der Waals surface area contributed by atoms with E-state index < -0.39 is 10.0 Å². The lowest BCUT2D eigenvalue weighted by Crippen LogP contribution is -2.37. The molecule has 1 saturated heterocycles. The minimum absolute atomic E-state index is 0.193. The van der Waals surface area contributed by atoms with Gasteiger partial charge in [0.25, 0.3) is 5.91 Å². The third-order valence-electron chi connectivity index (χ3n) is 4.77. The first kappa shape index (κ1) is 18.0. The molecule has 0 radical (unpaired) electrons. The molecule has 0 aromatic carbocycles. The first-order valence-electron chi connectivity index (χ1n) is 8.67. The molecule has 0 spiro atoms. The molecule has 1 saturated carbocycles. The summed E-state index contributed by atoms with van der Waals surface area (Å²) in [6.07, 6.45) is 4.00. The number of sulfonamides is 1. The maximum absolute atomic E-state index is 12.8. The van der Waals surface area contributed by atoms with Crippen LogP contribution >= 0.6 is 22.7 Å². The van der Waals surface area contributed by atoms with E-state index in [1.54, 1.807) is 0 Å². The zero-order valence-corrected chi connectivity index (χ0v) is 16.8. The molecule has 26 heavy (non-hydrogen) atoms. The second-order valence-corrected chi connectivity index (χ2v) is 10.8. The highest BCUT2D eigenvalue weighted by Gasteiger charge is 2.30. The lowest BCUT2D eigenvalue weighted by Gasteiger charge is -2.29. The van der Waals surface area contributed by atoms with E-state index in [1.807, 2.05) is 0 Å². The highest BCUT2D eigenvalue weighted by atomic mass is 32.2. The maximum Gasteiger partial charge on any atom is 0.267 e. The topological polar surface area (TPSA) is 92.3 Å². The summed E-state index contributed by atoms with van der Waals surface area (Å²) in [5.41, 5.74) is 0. The van der Waals surface area contributed by atoms with Gasteiger partial charge in [-0.05, 0) is 37.7 Å². The van der Waals surface area contributed by atoms with Gasteiger partial charge >= 0.3 is 0 Å². The van der Waals surface area contributed by atoms with Gasteiger partial charge < -0.3 is 0 Å². The van der Waals surface area contributed by atoms with Crippen molar-refractivity contribution < 1.29 is 13.2 Å². The molecule has 2 aromatic rings. The molecule has 1 aliphatic heterocycles. The van der Waals surface area contributed by atoms with Crippen LogP contribution in [0.2, 0.25) is 0 Å². The van der Waals surface area contributed by atoms with Gasteiger partial charge in [-0.1, -0.05) is 18.3 Å². The van der Waals surface area contributed by atoms with E-state index in [9.17, 15) is 13.2 Å². The number of nitrogens with zero attached hydrogens (tertiary/aromatic N) is 3. The standard InChI is InChI=1S/C16H20N4O3S3/c1-10-4-6-20(7-5-10)26(22,23)12-8-13(24-9-12)14(21)17-16-19-18-15(25-16)11-2-3-11/h8-11H,2-7H2,1H3,(H,17,19,21). The predicted molar refractivity (Wildman–Crippen MR) is 101 cm³/mol. The molecule has 2 aromatic heterocycles.